The lowest BCUT2D eigenvalue weighted by molar-refractivity contribution is 0.102. The van der Waals surface area contributed by atoms with Gasteiger partial charge in [0.2, 0.25) is 5.95 Å². The number of sulfonamides is 1. The quantitative estimate of drug-likeness (QED) is 0.257. The van der Waals surface area contributed by atoms with Crippen LogP contribution in [0, 0.1) is 5.82 Å². The predicted molar refractivity (Wildman–Crippen MR) is 151 cm³/mol. The van der Waals surface area contributed by atoms with Gasteiger partial charge in [-0.3, -0.25) is 4.72 Å². The highest BCUT2D eigenvalue weighted by Crippen LogP contribution is 2.30. The van der Waals surface area contributed by atoms with Crippen molar-refractivity contribution >= 4 is 50.4 Å². The molecule has 3 heterocycles. The molecule has 0 spiro atoms. The number of nitrogens with zero attached hydrogens (tertiary/aromatic N) is 4. The maximum Gasteiger partial charge on any atom is 0.407 e. The van der Waals surface area contributed by atoms with Crippen molar-refractivity contribution in [1.82, 2.24) is 19.9 Å². The summed E-state index contributed by atoms with van der Waals surface area (Å²) in [5, 5.41) is 12.3. The Morgan fingerprint density at radius 3 is 2.66 bits per heavy atom. The molecule has 3 N–H and O–H groups in total. The van der Waals surface area contributed by atoms with Crippen LogP contribution in [0.25, 0.3) is 22.3 Å². The molecule has 0 radical (unpaired) electrons. The fourth-order valence-electron chi connectivity index (χ4n) is 4.68. The number of hydrogen-bond acceptors (Lipinski definition) is 7. The molecule has 2 unspecified atom stereocenters. The first-order chi connectivity index (χ1) is 19.5. The number of piperidine rings is 1. The molecular formula is C27H25ClF2N6O4S. The Morgan fingerprint density at radius 1 is 1.17 bits per heavy atom. The average Bonchev–Trinajstić information content (AvgIpc) is 2.93. The summed E-state index contributed by atoms with van der Waals surface area (Å²) in [4.78, 5) is 25.6. The number of nitrogens with one attached hydrogen (secondary N) is 2. The van der Waals surface area contributed by atoms with Gasteiger partial charge in [-0.25, -0.2) is 36.9 Å². The molecule has 41 heavy (non-hydrogen) atoms. The second-order valence-electron chi connectivity index (χ2n) is 9.54. The fourth-order valence-corrected chi connectivity index (χ4v) is 6.26. The number of fused-ring (bicyclic) bond motifs is 1. The number of halogens is 3. The van der Waals surface area contributed by atoms with Gasteiger partial charge in [0.05, 0.1) is 34.7 Å². The molecule has 1 fully saturated rings. The molecule has 14 heteroatoms. The van der Waals surface area contributed by atoms with Crippen LogP contribution >= 0.6 is 11.6 Å². The highest BCUT2D eigenvalue weighted by Gasteiger charge is 2.30. The first kappa shape index (κ1) is 28.4. The molecule has 1 saturated heterocycles. The molecule has 2 aromatic carbocycles. The van der Waals surface area contributed by atoms with Gasteiger partial charge in [0.15, 0.2) is 0 Å². The Morgan fingerprint density at radius 2 is 1.95 bits per heavy atom. The summed E-state index contributed by atoms with van der Waals surface area (Å²) in [6.07, 6.45) is -0.319. The van der Waals surface area contributed by atoms with Crippen molar-refractivity contribution in [2.75, 3.05) is 23.1 Å². The van der Waals surface area contributed by atoms with E-state index in [0.717, 1.165) is 10.5 Å². The number of amides is 1. The van der Waals surface area contributed by atoms with Crippen molar-refractivity contribution in [3.8, 4) is 11.3 Å². The maximum atomic E-state index is 15.1. The zero-order chi connectivity index (χ0) is 29.3. The number of carboxylic acid groups (broad SMARTS) is 1. The highest BCUT2D eigenvalue weighted by molar-refractivity contribution is 7.92. The third-order valence-electron chi connectivity index (χ3n) is 6.64. The molecule has 10 nitrogen and oxygen atoms in total. The molecule has 0 bridgehead atoms. The Hall–Kier alpha value is -4.10. The SMILES string of the molecule is CCc1cc(-c2ccc(NS(=O)(=O)c3ccccc3Cl)c(F)c2)nc2cnc(NC3CC(F)CN(C(=O)O)C3)nc12. The molecule has 0 saturated carbocycles. The molecule has 1 aliphatic heterocycles. The van der Waals surface area contributed by atoms with Gasteiger partial charge in [-0.2, -0.15) is 0 Å². The fraction of sp³-hybridized carbons (Fsp3) is 0.259. The number of alkyl halides is 1. The molecule has 1 aliphatic rings. The summed E-state index contributed by atoms with van der Waals surface area (Å²) >= 11 is 6.00. The zero-order valence-electron chi connectivity index (χ0n) is 21.7. The van der Waals surface area contributed by atoms with Crippen molar-refractivity contribution in [1.29, 1.82) is 0 Å². The van der Waals surface area contributed by atoms with Gasteiger partial charge < -0.3 is 15.3 Å². The van der Waals surface area contributed by atoms with Crippen LogP contribution in [0.2, 0.25) is 5.02 Å². The van der Waals surface area contributed by atoms with E-state index in [-0.39, 0.29) is 41.1 Å². The summed E-state index contributed by atoms with van der Waals surface area (Å²) in [6, 6.07) is 11.1. The number of hydrogen-bond donors (Lipinski definition) is 3. The van der Waals surface area contributed by atoms with E-state index in [1.165, 1.54) is 36.5 Å². The number of pyridine rings is 1. The molecule has 2 aromatic heterocycles. The lowest BCUT2D eigenvalue weighted by Crippen LogP contribution is -2.49. The number of rotatable bonds is 7. The first-order valence-corrected chi connectivity index (χ1v) is 14.5. The Labute approximate surface area is 239 Å². The number of anilines is 2. The van der Waals surface area contributed by atoms with E-state index >= 15 is 4.39 Å². The van der Waals surface area contributed by atoms with Crippen LogP contribution in [-0.2, 0) is 16.4 Å². The van der Waals surface area contributed by atoms with E-state index in [0.29, 0.717) is 28.7 Å². The largest absolute Gasteiger partial charge is 0.465 e. The average molecular weight is 603 g/mol. The minimum atomic E-state index is -4.12. The van der Waals surface area contributed by atoms with Gasteiger partial charge in [0.1, 0.15) is 22.4 Å². The monoisotopic (exact) mass is 602 g/mol. The van der Waals surface area contributed by atoms with Crippen LogP contribution in [0.4, 0.5) is 25.2 Å². The first-order valence-electron chi connectivity index (χ1n) is 12.7. The van der Waals surface area contributed by atoms with Crippen molar-refractivity contribution in [3.63, 3.8) is 0 Å². The topological polar surface area (TPSA) is 137 Å². The number of benzene rings is 2. The molecular weight excluding hydrogens is 578 g/mol. The Bertz CT molecular complexity index is 1740. The minimum Gasteiger partial charge on any atom is -0.465 e. The molecule has 4 aromatic rings. The smallest absolute Gasteiger partial charge is 0.407 e. The number of aryl methyl sites for hydroxylation is 1. The van der Waals surface area contributed by atoms with Crippen molar-refractivity contribution in [2.24, 2.45) is 0 Å². The molecule has 1 amide bonds. The van der Waals surface area contributed by atoms with Gasteiger partial charge in [-0.15, -0.1) is 0 Å². The van der Waals surface area contributed by atoms with Crippen LogP contribution in [0.3, 0.4) is 0 Å². The Balaban J connectivity index is 1.40. The third-order valence-corrected chi connectivity index (χ3v) is 8.51. The summed E-state index contributed by atoms with van der Waals surface area (Å²) in [5.74, 6) is -0.588. The van der Waals surface area contributed by atoms with E-state index in [4.69, 9.17) is 11.6 Å². The van der Waals surface area contributed by atoms with E-state index in [2.05, 4.69) is 25.0 Å². The normalized spacial score (nSPS) is 17.4. The highest BCUT2D eigenvalue weighted by atomic mass is 35.5. The van der Waals surface area contributed by atoms with E-state index < -0.39 is 34.1 Å². The third kappa shape index (κ3) is 6.15. The lowest BCUT2D eigenvalue weighted by Gasteiger charge is -2.33. The van der Waals surface area contributed by atoms with Gasteiger partial charge in [0.25, 0.3) is 10.0 Å². The van der Waals surface area contributed by atoms with Crippen LogP contribution in [0.15, 0.2) is 59.6 Å². The second-order valence-corrected chi connectivity index (χ2v) is 11.6. The van der Waals surface area contributed by atoms with Crippen molar-refractivity contribution in [3.05, 3.63) is 71.1 Å². The van der Waals surface area contributed by atoms with Gasteiger partial charge >= 0.3 is 6.09 Å². The van der Waals surface area contributed by atoms with Crippen LogP contribution in [0.1, 0.15) is 18.9 Å². The summed E-state index contributed by atoms with van der Waals surface area (Å²) in [7, 11) is -4.12. The number of aromatic nitrogens is 3. The maximum absolute atomic E-state index is 15.1. The molecule has 214 valence electrons. The second kappa shape index (κ2) is 11.4. The summed E-state index contributed by atoms with van der Waals surface area (Å²) in [6.45, 7) is 1.85. The van der Waals surface area contributed by atoms with Crippen molar-refractivity contribution in [2.45, 2.75) is 36.9 Å². The zero-order valence-corrected chi connectivity index (χ0v) is 23.3. The van der Waals surface area contributed by atoms with Gasteiger partial charge in [-0.1, -0.05) is 36.7 Å². The molecule has 0 aliphatic carbocycles. The number of likely N-dealkylation sites (tertiary alicyclic amines) is 1. The Kier molecular flexibility index (Phi) is 7.91. The minimum absolute atomic E-state index is 0.0117. The van der Waals surface area contributed by atoms with Crippen LogP contribution < -0.4 is 10.0 Å². The molecule has 2 atom stereocenters. The van der Waals surface area contributed by atoms with Gasteiger partial charge in [0, 0.05) is 24.6 Å². The molecule has 5 rings (SSSR count). The summed E-state index contributed by atoms with van der Waals surface area (Å²) in [5.41, 5.74) is 2.37. The van der Waals surface area contributed by atoms with Crippen LogP contribution in [-0.4, -0.2) is 64.8 Å². The van der Waals surface area contributed by atoms with Crippen LogP contribution in [0.5, 0.6) is 0 Å². The lowest BCUT2D eigenvalue weighted by atomic mass is 10.0. The standard InChI is InChI=1S/C27H25ClF2N6O4S/c1-2-15-10-22(16-7-8-21(20(30)9-16)35-41(39,40)24-6-4-3-5-19(24)28)33-23-12-31-26(34-25(15)23)32-18-11-17(29)13-36(14-18)27(37)38/h3-10,12,17-18,35H,2,11,13-14H2,1H3,(H,37,38)(H,31,32,34). The van der Waals surface area contributed by atoms with Crippen molar-refractivity contribution < 1.29 is 27.1 Å². The van der Waals surface area contributed by atoms with E-state index in [9.17, 15) is 22.7 Å². The van der Waals surface area contributed by atoms with E-state index in [1.54, 1.807) is 18.2 Å². The predicted octanol–water partition coefficient (Wildman–Crippen LogP) is 5.35. The van der Waals surface area contributed by atoms with Gasteiger partial charge in [-0.05, 0) is 42.3 Å². The summed E-state index contributed by atoms with van der Waals surface area (Å²) < 4.78 is 56.9. The number of carbonyl (C=O) groups is 1. The van der Waals surface area contributed by atoms with E-state index in [1.807, 2.05) is 6.92 Å².